The van der Waals surface area contributed by atoms with Crippen LogP contribution in [0, 0.1) is 0 Å². The summed E-state index contributed by atoms with van der Waals surface area (Å²) in [5, 5.41) is 3.28. The maximum absolute atomic E-state index is 4.71. The molecule has 1 aliphatic heterocycles. The fourth-order valence-electron chi connectivity index (χ4n) is 0.802. The van der Waals surface area contributed by atoms with Gasteiger partial charge in [-0.05, 0) is 25.9 Å². The SMILES string of the molecule is C1CCNCC1.NC(=S)S. The van der Waals surface area contributed by atoms with Crippen molar-refractivity contribution in [1.29, 1.82) is 0 Å². The molecule has 2 nitrogen and oxygen atoms in total. The molecule has 0 radical (unpaired) electrons. The van der Waals surface area contributed by atoms with E-state index in [0.29, 0.717) is 0 Å². The summed E-state index contributed by atoms with van der Waals surface area (Å²) in [5.74, 6) is 0. The van der Waals surface area contributed by atoms with Crippen molar-refractivity contribution in [3.05, 3.63) is 0 Å². The number of hydrogen-bond acceptors (Lipinski definition) is 2. The lowest BCUT2D eigenvalue weighted by molar-refractivity contribution is 0.520. The second-order valence-corrected chi connectivity index (χ2v) is 3.37. The highest BCUT2D eigenvalue weighted by Crippen LogP contribution is 1.96. The summed E-state index contributed by atoms with van der Waals surface area (Å²) in [4.78, 5) is 0. The minimum absolute atomic E-state index is 0.194. The molecule has 1 heterocycles. The zero-order valence-electron chi connectivity index (χ0n) is 5.97. The van der Waals surface area contributed by atoms with Gasteiger partial charge in [0.05, 0.1) is 0 Å². The van der Waals surface area contributed by atoms with Gasteiger partial charge in [0.15, 0.2) is 0 Å². The third kappa shape index (κ3) is 11.1. The lowest BCUT2D eigenvalue weighted by Crippen LogP contribution is -2.21. The highest BCUT2D eigenvalue weighted by atomic mass is 32.1. The van der Waals surface area contributed by atoms with Crippen LogP contribution < -0.4 is 11.1 Å². The normalized spacial score (nSPS) is 16.9. The number of nitrogens with two attached hydrogens (primary N) is 1. The van der Waals surface area contributed by atoms with Crippen LogP contribution in [0.3, 0.4) is 0 Å². The maximum Gasteiger partial charge on any atom is 0.128 e. The van der Waals surface area contributed by atoms with Crippen molar-refractivity contribution < 1.29 is 0 Å². The predicted molar refractivity (Wildman–Crippen MR) is 52.5 cm³/mol. The van der Waals surface area contributed by atoms with Crippen molar-refractivity contribution in [1.82, 2.24) is 5.32 Å². The third-order valence-electron chi connectivity index (χ3n) is 1.21. The number of nitrogens with one attached hydrogen (secondary N) is 1. The number of hydrogen-bond donors (Lipinski definition) is 3. The van der Waals surface area contributed by atoms with E-state index < -0.39 is 0 Å². The molecule has 0 spiro atoms. The van der Waals surface area contributed by atoms with Crippen LogP contribution >= 0.6 is 24.8 Å². The van der Waals surface area contributed by atoms with E-state index in [1.807, 2.05) is 0 Å². The van der Waals surface area contributed by atoms with Crippen molar-refractivity contribution in [2.75, 3.05) is 13.1 Å². The average Bonchev–Trinajstić information content (AvgIpc) is 1.90. The van der Waals surface area contributed by atoms with Crippen LogP contribution in [0.2, 0.25) is 0 Å². The van der Waals surface area contributed by atoms with Crippen molar-refractivity contribution in [3.63, 3.8) is 0 Å². The maximum atomic E-state index is 4.71. The van der Waals surface area contributed by atoms with Crippen LogP contribution in [0.25, 0.3) is 0 Å². The molecular formula is C6H14N2S2. The van der Waals surface area contributed by atoms with Crippen molar-refractivity contribution >= 4 is 29.2 Å². The Labute approximate surface area is 73.0 Å². The summed E-state index contributed by atoms with van der Waals surface area (Å²) in [5.41, 5.74) is 4.71. The third-order valence-corrected chi connectivity index (χ3v) is 1.21. The number of piperidine rings is 1. The highest BCUT2D eigenvalue weighted by molar-refractivity contribution is 8.10. The number of thiocarbonyl (C=S) groups is 1. The van der Waals surface area contributed by atoms with Crippen LogP contribution in [0.15, 0.2) is 0 Å². The summed E-state index contributed by atoms with van der Waals surface area (Å²) in [6.45, 7) is 2.50. The molecule has 4 heteroatoms. The molecule has 0 saturated carbocycles. The molecule has 0 aromatic carbocycles. The molecule has 1 saturated heterocycles. The lowest BCUT2D eigenvalue weighted by Gasteiger charge is -2.08. The molecule has 1 fully saturated rings. The van der Waals surface area contributed by atoms with E-state index in [2.05, 4.69) is 30.2 Å². The Morgan fingerprint density at radius 1 is 1.30 bits per heavy atom. The van der Waals surface area contributed by atoms with Crippen LogP contribution in [-0.2, 0) is 0 Å². The molecule has 0 aliphatic carbocycles. The summed E-state index contributed by atoms with van der Waals surface area (Å²) < 4.78 is 0.194. The molecule has 3 N–H and O–H groups in total. The quantitative estimate of drug-likeness (QED) is 0.381. The van der Waals surface area contributed by atoms with Gasteiger partial charge in [-0.3, -0.25) is 0 Å². The average molecular weight is 178 g/mol. The van der Waals surface area contributed by atoms with Crippen LogP contribution in [0.4, 0.5) is 0 Å². The van der Waals surface area contributed by atoms with Gasteiger partial charge in [0, 0.05) is 0 Å². The van der Waals surface area contributed by atoms with Gasteiger partial charge in [-0.2, -0.15) is 0 Å². The highest BCUT2D eigenvalue weighted by Gasteiger charge is 1.93. The van der Waals surface area contributed by atoms with Gasteiger partial charge in [-0.1, -0.05) is 18.6 Å². The van der Waals surface area contributed by atoms with E-state index >= 15 is 0 Å². The van der Waals surface area contributed by atoms with E-state index in [0.717, 1.165) is 0 Å². The molecule has 10 heavy (non-hydrogen) atoms. The molecule has 1 rings (SSSR count). The summed E-state index contributed by atoms with van der Waals surface area (Å²) in [7, 11) is 0. The van der Waals surface area contributed by atoms with Crippen LogP contribution in [-0.4, -0.2) is 17.4 Å². The first-order chi connectivity index (χ1) is 4.73. The first-order valence-electron chi connectivity index (χ1n) is 3.42. The number of thiol groups is 1. The van der Waals surface area contributed by atoms with E-state index in [9.17, 15) is 0 Å². The standard InChI is InChI=1S/C5H11N.CH3NS2/c1-2-4-6-5-3-1;2-1(3)4/h6H,1-5H2;(H3,2,3,4). The smallest absolute Gasteiger partial charge is 0.128 e. The first-order valence-corrected chi connectivity index (χ1v) is 4.28. The Balaban J connectivity index is 0.000000180. The van der Waals surface area contributed by atoms with E-state index in [4.69, 9.17) is 5.73 Å². The summed E-state index contributed by atoms with van der Waals surface area (Å²) in [6.07, 6.45) is 4.22. The second kappa shape index (κ2) is 7.31. The van der Waals surface area contributed by atoms with Crippen LogP contribution in [0.5, 0.6) is 0 Å². The molecule has 1 aliphatic rings. The molecule has 0 bridgehead atoms. The van der Waals surface area contributed by atoms with Gasteiger partial charge < -0.3 is 11.1 Å². The van der Waals surface area contributed by atoms with Gasteiger partial charge in [0.2, 0.25) is 0 Å². The topological polar surface area (TPSA) is 38.0 Å². The Morgan fingerprint density at radius 3 is 1.80 bits per heavy atom. The Hall–Kier alpha value is 0.200. The van der Waals surface area contributed by atoms with Crippen LogP contribution in [0.1, 0.15) is 19.3 Å². The summed E-state index contributed by atoms with van der Waals surface area (Å²) >= 11 is 7.65. The van der Waals surface area contributed by atoms with Gasteiger partial charge in [-0.25, -0.2) is 0 Å². The zero-order chi connectivity index (χ0) is 7.82. The van der Waals surface area contributed by atoms with Gasteiger partial charge in [0.1, 0.15) is 4.32 Å². The van der Waals surface area contributed by atoms with Gasteiger partial charge in [-0.15, -0.1) is 12.6 Å². The van der Waals surface area contributed by atoms with Crippen molar-refractivity contribution in [2.45, 2.75) is 19.3 Å². The fraction of sp³-hybridized carbons (Fsp3) is 0.833. The molecule has 0 amide bonds. The van der Waals surface area contributed by atoms with Gasteiger partial charge >= 0.3 is 0 Å². The van der Waals surface area contributed by atoms with Gasteiger partial charge in [0.25, 0.3) is 0 Å². The largest absolute Gasteiger partial charge is 0.385 e. The predicted octanol–water partition coefficient (Wildman–Crippen LogP) is 0.920. The Bertz CT molecular complexity index is 76.2. The monoisotopic (exact) mass is 178 g/mol. The van der Waals surface area contributed by atoms with E-state index in [1.165, 1.54) is 32.4 Å². The first kappa shape index (κ1) is 10.2. The van der Waals surface area contributed by atoms with Crippen molar-refractivity contribution in [2.24, 2.45) is 5.73 Å². The molecule has 0 atom stereocenters. The summed E-state index contributed by atoms with van der Waals surface area (Å²) in [6, 6.07) is 0. The van der Waals surface area contributed by atoms with E-state index in [1.54, 1.807) is 0 Å². The Morgan fingerprint density at radius 2 is 1.70 bits per heavy atom. The minimum Gasteiger partial charge on any atom is -0.385 e. The number of rotatable bonds is 0. The van der Waals surface area contributed by atoms with E-state index in [-0.39, 0.29) is 4.32 Å². The Kier molecular flexibility index (Phi) is 7.45. The fourth-order valence-corrected chi connectivity index (χ4v) is 0.802. The molecular weight excluding hydrogens is 164 g/mol. The molecule has 60 valence electrons. The molecule has 0 aromatic rings. The minimum atomic E-state index is 0.194. The second-order valence-electron chi connectivity index (χ2n) is 2.15. The van der Waals surface area contributed by atoms with Crippen molar-refractivity contribution in [3.8, 4) is 0 Å². The lowest BCUT2D eigenvalue weighted by atomic mass is 10.2. The zero-order valence-corrected chi connectivity index (χ0v) is 7.68. The molecule has 0 aromatic heterocycles. The molecule has 0 unspecified atom stereocenters.